The predicted molar refractivity (Wildman–Crippen MR) is 61.2 cm³/mol. The van der Waals surface area contributed by atoms with Crippen molar-refractivity contribution in [3.8, 4) is 5.75 Å². The molecule has 1 rings (SSSR count). The second kappa shape index (κ2) is 6.92. The first-order chi connectivity index (χ1) is 6.76. The van der Waals surface area contributed by atoms with Crippen LogP contribution in [0.15, 0.2) is 24.3 Å². The molecular formula is C9H14ClN3O2. The first-order valence-corrected chi connectivity index (χ1v) is 4.26. The Bertz CT molecular complexity index is 303. The second-order valence-electron chi connectivity index (χ2n) is 2.56. The second-order valence-corrected chi connectivity index (χ2v) is 2.56. The van der Waals surface area contributed by atoms with Gasteiger partial charge < -0.3 is 10.1 Å². The molecule has 15 heavy (non-hydrogen) atoms. The van der Waals surface area contributed by atoms with Crippen LogP contribution in [0.1, 0.15) is 6.92 Å². The smallest absolute Gasteiger partial charge is 0.333 e. The predicted octanol–water partition coefficient (Wildman–Crippen LogP) is 1.50. The van der Waals surface area contributed by atoms with Crippen molar-refractivity contribution < 1.29 is 9.53 Å². The number of anilines is 1. The number of nitrogens with one attached hydrogen (secondary N) is 2. The Kier molecular flexibility index (Phi) is 6.24. The highest BCUT2D eigenvalue weighted by molar-refractivity contribution is 5.88. The number of hydrogen-bond acceptors (Lipinski definition) is 3. The number of benzene rings is 1. The van der Waals surface area contributed by atoms with Crippen LogP contribution in [-0.4, -0.2) is 12.6 Å². The van der Waals surface area contributed by atoms with Gasteiger partial charge in [0.15, 0.2) is 0 Å². The Labute approximate surface area is 94.4 Å². The molecule has 0 heterocycles. The van der Waals surface area contributed by atoms with E-state index >= 15 is 0 Å². The fraction of sp³-hybridized carbons (Fsp3) is 0.222. The van der Waals surface area contributed by atoms with Gasteiger partial charge in [0.1, 0.15) is 5.75 Å². The Morgan fingerprint density at radius 3 is 2.47 bits per heavy atom. The minimum atomic E-state index is -0.450. The van der Waals surface area contributed by atoms with Gasteiger partial charge in [-0.15, -0.1) is 12.4 Å². The van der Waals surface area contributed by atoms with Crippen molar-refractivity contribution in [2.45, 2.75) is 6.92 Å². The van der Waals surface area contributed by atoms with Gasteiger partial charge in [-0.1, -0.05) is 0 Å². The van der Waals surface area contributed by atoms with Crippen LogP contribution >= 0.6 is 12.4 Å². The highest BCUT2D eigenvalue weighted by Gasteiger charge is 1.98. The largest absolute Gasteiger partial charge is 0.494 e. The quantitative estimate of drug-likeness (QED) is 0.419. The molecule has 0 bridgehead atoms. The molecule has 0 fully saturated rings. The number of amides is 2. The molecule has 2 amide bonds. The average molecular weight is 232 g/mol. The molecule has 1 aromatic carbocycles. The van der Waals surface area contributed by atoms with Crippen molar-refractivity contribution in [2.75, 3.05) is 11.9 Å². The number of hydrazine groups is 1. The van der Waals surface area contributed by atoms with Crippen molar-refractivity contribution in [3.05, 3.63) is 24.3 Å². The topological polar surface area (TPSA) is 76.4 Å². The van der Waals surface area contributed by atoms with Gasteiger partial charge in [-0.05, 0) is 31.2 Å². The third kappa shape index (κ3) is 4.53. The molecule has 0 aliphatic carbocycles. The highest BCUT2D eigenvalue weighted by atomic mass is 35.5. The summed E-state index contributed by atoms with van der Waals surface area (Å²) in [5.74, 6) is 5.68. The van der Waals surface area contributed by atoms with E-state index in [9.17, 15) is 4.79 Å². The molecule has 0 aromatic heterocycles. The number of rotatable bonds is 3. The van der Waals surface area contributed by atoms with Crippen molar-refractivity contribution >= 4 is 24.1 Å². The van der Waals surface area contributed by atoms with E-state index in [-0.39, 0.29) is 12.4 Å². The van der Waals surface area contributed by atoms with Crippen molar-refractivity contribution in [2.24, 2.45) is 5.84 Å². The van der Waals surface area contributed by atoms with Crippen molar-refractivity contribution in [1.82, 2.24) is 5.43 Å². The first kappa shape index (κ1) is 13.5. The summed E-state index contributed by atoms with van der Waals surface area (Å²) in [7, 11) is 0. The fourth-order valence-electron chi connectivity index (χ4n) is 0.968. The van der Waals surface area contributed by atoms with Crippen LogP contribution in [0.5, 0.6) is 5.75 Å². The molecule has 0 aliphatic heterocycles. The summed E-state index contributed by atoms with van der Waals surface area (Å²) in [6.45, 7) is 2.53. The summed E-state index contributed by atoms with van der Waals surface area (Å²) in [6, 6.07) is 6.57. The first-order valence-electron chi connectivity index (χ1n) is 4.26. The number of carbonyl (C=O) groups is 1. The molecule has 84 valence electrons. The van der Waals surface area contributed by atoms with Crippen LogP contribution in [0, 0.1) is 0 Å². The zero-order valence-corrected chi connectivity index (χ0v) is 9.14. The molecule has 0 aliphatic rings. The normalized spacial score (nSPS) is 8.67. The van der Waals surface area contributed by atoms with Crippen LogP contribution in [0.3, 0.4) is 0 Å². The van der Waals surface area contributed by atoms with Gasteiger partial charge in [-0.3, -0.25) is 5.43 Å². The zero-order valence-electron chi connectivity index (χ0n) is 8.32. The summed E-state index contributed by atoms with van der Waals surface area (Å²) in [4.78, 5) is 10.8. The van der Waals surface area contributed by atoms with Gasteiger partial charge >= 0.3 is 6.03 Å². The van der Waals surface area contributed by atoms with Gasteiger partial charge in [0.05, 0.1) is 6.61 Å². The molecule has 0 unspecified atom stereocenters. The molecule has 0 saturated carbocycles. The number of halogens is 1. The molecular weight excluding hydrogens is 218 g/mol. The van der Waals surface area contributed by atoms with E-state index < -0.39 is 6.03 Å². The van der Waals surface area contributed by atoms with Crippen molar-refractivity contribution in [3.63, 3.8) is 0 Å². The number of nitrogens with two attached hydrogens (primary N) is 1. The molecule has 5 nitrogen and oxygen atoms in total. The Morgan fingerprint density at radius 1 is 1.40 bits per heavy atom. The summed E-state index contributed by atoms with van der Waals surface area (Å²) in [5.41, 5.74) is 2.64. The number of carbonyl (C=O) groups excluding carboxylic acids is 1. The maximum absolute atomic E-state index is 10.8. The summed E-state index contributed by atoms with van der Waals surface area (Å²) < 4.78 is 5.24. The van der Waals surface area contributed by atoms with E-state index in [0.717, 1.165) is 5.75 Å². The number of urea groups is 1. The van der Waals surface area contributed by atoms with Crippen LogP contribution in [-0.2, 0) is 0 Å². The fourth-order valence-corrected chi connectivity index (χ4v) is 0.968. The minimum absolute atomic E-state index is 0. The van der Waals surface area contributed by atoms with E-state index in [0.29, 0.717) is 12.3 Å². The Hall–Kier alpha value is -1.46. The van der Waals surface area contributed by atoms with Crippen molar-refractivity contribution in [1.29, 1.82) is 0 Å². The van der Waals surface area contributed by atoms with E-state index in [1.54, 1.807) is 24.3 Å². The summed E-state index contributed by atoms with van der Waals surface area (Å²) in [6.07, 6.45) is 0. The summed E-state index contributed by atoms with van der Waals surface area (Å²) >= 11 is 0. The van der Waals surface area contributed by atoms with Gasteiger partial charge in [0, 0.05) is 5.69 Å². The summed E-state index contributed by atoms with van der Waals surface area (Å²) in [5, 5.41) is 2.53. The highest BCUT2D eigenvalue weighted by Crippen LogP contribution is 2.15. The van der Waals surface area contributed by atoms with E-state index in [1.165, 1.54) is 0 Å². The Morgan fingerprint density at radius 2 is 2.00 bits per heavy atom. The molecule has 1 aromatic rings. The Balaban J connectivity index is 0.00000196. The van der Waals surface area contributed by atoms with Crippen LogP contribution in [0.4, 0.5) is 10.5 Å². The van der Waals surface area contributed by atoms with Gasteiger partial charge in [0.2, 0.25) is 0 Å². The monoisotopic (exact) mass is 231 g/mol. The maximum Gasteiger partial charge on any atom is 0.333 e. The lowest BCUT2D eigenvalue weighted by atomic mass is 10.3. The van der Waals surface area contributed by atoms with E-state index in [4.69, 9.17) is 10.6 Å². The molecule has 0 atom stereocenters. The van der Waals surface area contributed by atoms with Crippen LogP contribution in [0.25, 0.3) is 0 Å². The van der Waals surface area contributed by atoms with Crippen LogP contribution < -0.4 is 21.3 Å². The molecule has 0 radical (unpaired) electrons. The van der Waals surface area contributed by atoms with Gasteiger partial charge in [-0.25, -0.2) is 10.6 Å². The van der Waals surface area contributed by atoms with Crippen LogP contribution in [0.2, 0.25) is 0 Å². The number of ether oxygens (including phenoxy) is 1. The maximum atomic E-state index is 10.8. The molecule has 4 N–H and O–H groups in total. The standard InChI is InChI=1S/C9H13N3O2.ClH/c1-2-14-8-5-3-7(4-6-8)11-9(13)12-10;/h3-6H,2,10H2,1H3,(H2,11,12,13);1H. The molecule has 0 spiro atoms. The van der Waals surface area contributed by atoms with E-state index in [2.05, 4.69) is 5.32 Å². The SMILES string of the molecule is CCOc1ccc(NC(=O)NN)cc1.Cl. The lowest BCUT2D eigenvalue weighted by Gasteiger charge is -2.05. The minimum Gasteiger partial charge on any atom is -0.494 e. The molecule has 0 saturated heterocycles. The molecule has 6 heteroatoms. The lowest BCUT2D eigenvalue weighted by Crippen LogP contribution is -2.34. The third-order valence-electron chi connectivity index (χ3n) is 1.55. The van der Waals surface area contributed by atoms with Gasteiger partial charge in [0.25, 0.3) is 0 Å². The van der Waals surface area contributed by atoms with E-state index in [1.807, 2.05) is 12.3 Å². The van der Waals surface area contributed by atoms with Gasteiger partial charge in [-0.2, -0.15) is 0 Å². The zero-order chi connectivity index (χ0) is 10.4. The average Bonchev–Trinajstić information content (AvgIpc) is 2.21. The third-order valence-corrected chi connectivity index (χ3v) is 1.55. The lowest BCUT2D eigenvalue weighted by molar-refractivity contribution is 0.252. The number of hydrogen-bond donors (Lipinski definition) is 3.